The number of hydrogen-bond donors (Lipinski definition) is 0. The number of hydrogen-bond acceptors (Lipinski definition) is 7. The van der Waals surface area contributed by atoms with Crippen LogP contribution in [0.25, 0.3) is 21.9 Å². The second-order valence-corrected chi connectivity index (χ2v) is 8.91. The molecule has 166 valence electrons. The highest BCUT2D eigenvalue weighted by atomic mass is 16.5. The van der Waals surface area contributed by atoms with Crippen molar-refractivity contribution in [3.05, 3.63) is 41.7 Å². The van der Waals surface area contributed by atoms with Crippen LogP contribution in [0.2, 0.25) is 0 Å². The Hall–Kier alpha value is -3.35. The first kappa shape index (κ1) is 20.5. The Morgan fingerprint density at radius 2 is 1.62 bits per heavy atom. The van der Waals surface area contributed by atoms with Crippen molar-refractivity contribution < 1.29 is 19.0 Å². The van der Waals surface area contributed by atoms with E-state index < -0.39 is 0 Å². The second-order valence-electron chi connectivity index (χ2n) is 8.91. The maximum atomic E-state index is 12.6. The fourth-order valence-electron chi connectivity index (χ4n) is 5.09. The summed E-state index contributed by atoms with van der Waals surface area (Å²) in [5.74, 6) is 2.86. The number of piperidine rings is 1. The molecule has 3 aromatic rings. The number of ether oxygens (including phenoxy) is 3. The minimum atomic E-state index is -0.325. The van der Waals surface area contributed by atoms with Gasteiger partial charge in [0.2, 0.25) is 5.95 Å². The molecule has 0 aliphatic carbocycles. The number of esters is 1. The number of cyclic esters (lactones) is 1. The van der Waals surface area contributed by atoms with E-state index in [0.29, 0.717) is 28.9 Å². The van der Waals surface area contributed by atoms with Crippen LogP contribution < -0.4 is 14.4 Å². The molecular formula is C25H27N3O4. The lowest BCUT2D eigenvalue weighted by Gasteiger charge is -2.34. The average Bonchev–Trinajstić information content (AvgIpc) is 3.16. The maximum absolute atomic E-state index is 12.6. The van der Waals surface area contributed by atoms with E-state index >= 15 is 0 Å². The fourth-order valence-corrected chi connectivity index (χ4v) is 5.09. The fraction of sp³-hybridized carbons (Fsp3) is 0.400. The van der Waals surface area contributed by atoms with Gasteiger partial charge in [0.1, 0.15) is 6.61 Å². The molecule has 2 aromatic carbocycles. The summed E-state index contributed by atoms with van der Waals surface area (Å²) in [6, 6.07) is 5.80. The number of carbonyl (C=O) groups excluding carboxylic acids is 1. The van der Waals surface area contributed by atoms with Crippen LogP contribution in [0.4, 0.5) is 5.95 Å². The smallest absolute Gasteiger partial charge is 0.339 e. The molecule has 3 heterocycles. The highest BCUT2D eigenvalue weighted by Crippen LogP contribution is 2.42. The van der Waals surface area contributed by atoms with Crippen LogP contribution in [0.3, 0.4) is 0 Å². The molecule has 1 fully saturated rings. The summed E-state index contributed by atoms with van der Waals surface area (Å²) in [7, 11) is 3.21. The minimum Gasteiger partial charge on any atom is -0.493 e. The summed E-state index contributed by atoms with van der Waals surface area (Å²) >= 11 is 0. The molecule has 1 aromatic heterocycles. The van der Waals surface area contributed by atoms with Crippen LogP contribution in [0.5, 0.6) is 11.5 Å². The zero-order valence-electron chi connectivity index (χ0n) is 18.8. The standard InChI is InChI=1S/C25H27N3O4/c1-14-5-15(2)12-28(11-14)25-26-9-18(10-27-25)22-19-8-21(31-4)20(30-3)7-16(19)6-17-13-32-24(29)23(17)22/h6-10,14-15H,5,11-13H2,1-4H3. The van der Waals surface area contributed by atoms with E-state index in [2.05, 4.69) is 28.7 Å². The molecule has 0 bridgehead atoms. The van der Waals surface area contributed by atoms with Gasteiger partial charge in [-0.3, -0.25) is 0 Å². The van der Waals surface area contributed by atoms with Crippen LogP contribution in [0.1, 0.15) is 36.2 Å². The molecule has 2 aliphatic heterocycles. The van der Waals surface area contributed by atoms with E-state index in [0.717, 1.165) is 46.5 Å². The van der Waals surface area contributed by atoms with E-state index in [9.17, 15) is 4.79 Å². The van der Waals surface area contributed by atoms with Gasteiger partial charge < -0.3 is 19.1 Å². The van der Waals surface area contributed by atoms with Crippen LogP contribution >= 0.6 is 0 Å². The molecule has 0 radical (unpaired) electrons. The third-order valence-corrected chi connectivity index (χ3v) is 6.37. The Kier molecular flexibility index (Phi) is 5.12. The predicted octanol–water partition coefficient (Wildman–Crippen LogP) is 4.47. The number of anilines is 1. The molecule has 0 spiro atoms. The number of carbonyl (C=O) groups is 1. The van der Waals surface area contributed by atoms with Gasteiger partial charge in [0.05, 0.1) is 19.8 Å². The Bertz CT molecular complexity index is 1180. The van der Waals surface area contributed by atoms with Gasteiger partial charge in [0.25, 0.3) is 0 Å². The Balaban J connectivity index is 1.64. The minimum absolute atomic E-state index is 0.258. The molecule has 0 amide bonds. The highest BCUT2D eigenvalue weighted by Gasteiger charge is 2.29. The van der Waals surface area contributed by atoms with Crippen LogP contribution in [-0.2, 0) is 11.3 Å². The summed E-state index contributed by atoms with van der Waals surface area (Å²) < 4.78 is 16.4. The maximum Gasteiger partial charge on any atom is 0.339 e. The van der Waals surface area contributed by atoms with E-state index in [4.69, 9.17) is 14.2 Å². The molecule has 5 rings (SSSR count). The molecule has 0 N–H and O–H groups in total. The van der Waals surface area contributed by atoms with Crippen LogP contribution in [0, 0.1) is 11.8 Å². The van der Waals surface area contributed by atoms with Gasteiger partial charge in [-0.05, 0) is 47.2 Å². The zero-order chi connectivity index (χ0) is 22.4. The first-order valence-corrected chi connectivity index (χ1v) is 10.9. The molecule has 2 aliphatic rings. The SMILES string of the molecule is COc1cc2cc3c(c(-c4cnc(N5CC(C)CC(C)C5)nc4)c2cc1OC)C(=O)OC3. The lowest BCUT2D eigenvalue weighted by Crippen LogP contribution is -2.39. The average molecular weight is 434 g/mol. The van der Waals surface area contributed by atoms with Crippen molar-refractivity contribution in [2.45, 2.75) is 26.9 Å². The predicted molar refractivity (Wildman–Crippen MR) is 122 cm³/mol. The van der Waals surface area contributed by atoms with Gasteiger partial charge >= 0.3 is 5.97 Å². The third-order valence-electron chi connectivity index (χ3n) is 6.37. The van der Waals surface area contributed by atoms with E-state index in [1.54, 1.807) is 14.2 Å². The Morgan fingerprint density at radius 1 is 0.969 bits per heavy atom. The Morgan fingerprint density at radius 3 is 2.28 bits per heavy atom. The Labute approximate surface area is 187 Å². The summed E-state index contributed by atoms with van der Waals surface area (Å²) in [6.07, 6.45) is 4.84. The van der Waals surface area contributed by atoms with Crippen LogP contribution in [0.15, 0.2) is 30.6 Å². The monoisotopic (exact) mass is 433 g/mol. The molecule has 0 saturated carbocycles. The molecule has 32 heavy (non-hydrogen) atoms. The summed E-state index contributed by atoms with van der Waals surface area (Å²) in [5.41, 5.74) is 2.97. The summed E-state index contributed by atoms with van der Waals surface area (Å²) in [4.78, 5) is 24.3. The van der Waals surface area contributed by atoms with Gasteiger partial charge in [-0.25, -0.2) is 14.8 Å². The highest BCUT2D eigenvalue weighted by molar-refractivity contribution is 6.11. The lowest BCUT2D eigenvalue weighted by molar-refractivity contribution is 0.0535. The lowest BCUT2D eigenvalue weighted by atomic mass is 9.91. The number of benzene rings is 2. The number of aromatic nitrogens is 2. The van der Waals surface area contributed by atoms with Gasteiger partial charge in [0.15, 0.2) is 11.5 Å². The largest absolute Gasteiger partial charge is 0.493 e. The number of nitrogens with zero attached hydrogens (tertiary/aromatic N) is 3. The molecular weight excluding hydrogens is 406 g/mol. The number of rotatable bonds is 4. The van der Waals surface area contributed by atoms with Crippen molar-refractivity contribution in [2.75, 3.05) is 32.2 Å². The molecule has 7 heteroatoms. The summed E-state index contributed by atoms with van der Waals surface area (Å²) in [5, 5.41) is 1.81. The van der Waals surface area contributed by atoms with Gasteiger partial charge in [-0.2, -0.15) is 0 Å². The van der Waals surface area contributed by atoms with Crippen molar-refractivity contribution in [1.29, 1.82) is 0 Å². The second kappa shape index (κ2) is 7.97. The molecule has 1 saturated heterocycles. The quantitative estimate of drug-likeness (QED) is 0.562. The summed E-state index contributed by atoms with van der Waals surface area (Å²) in [6.45, 7) is 6.70. The van der Waals surface area contributed by atoms with Crippen molar-refractivity contribution in [3.63, 3.8) is 0 Å². The van der Waals surface area contributed by atoms with E-state index in [-0.39, 0.29) is 12.6 Å². The number of fused-ring (bicyclic) bond motifs is 2. The number of methoxy groups -OCH3 is 2. The molecule has 7 nitrogen and oxygen atoms in total. The van der Waals surface area contributed by atoms with Gasteiger partial charge in [-0.15, -0.1) is 0 Å². The van der Waals surface area contributed by atoms with Crippen molar-refractivity contribution in [3.8, 4) is 22.6 Å². The van der Waals surface area contributed by atoms with Gasteiger partial charge in [-0.1, -0.05) is 13.8 Å². The molecule has 2 atom stereocenters. The first-order valence-electron chi connectivity index (χ1n) is 10.9. The molecule has 2 unspecified atom stereocenters. The normalized spacial score (nSPS) is 20.2. The van der Waals surface area contributed by atoms with Crippen molar-refractivity contribution in [2.24, 2.45) is 11.8 Å². The topological polar surface area (TPSA) is 73.8 Å². The van der Waals surface area contributed by atoms with E-state index in [1.165, 1.54) is 6.42 Å². The van der Waals surface area contributed by atoms with Crippen molar-refractivity contribution in [1.82, 2.24) is 9.97 Å². The first-order chi connectivity index (χ1) is 15.5. The van der Waals surface area contributed by atoms with Gasteiger partial charge in [0, 0.05) is 42.2 Å². The van der Waals surface area contributed by atoms with Crippen LogP contribution in [-0.4, -0.2) is 43.2 Å². The third kappa shape index (κ3) is 3.42. The van der Waals surface area contributed by atoms with Crippen molar-refractivity contribution >= 4 is 22.7 Å². The van der Waals surface area contributed by atoms with E-state index in [1.807, 2.05) is 30.6 Å². The zero-order valence-corrected chi connectivity index (χ0v) is 18.8.